The average molecular weight is 305 g/mol. The zero-order valence-corrected chi connectivity index (χ0v) is 12.8. The molecule has 0 spiro atoms. The van der Waals surface area contributed by atoms with Crippen LogP contribution in [0.4, 0.5) is 11.4 Å². The van der Waals surface area contributed by atoms with E-state index in [4.69, 9.17) is 4.74 Å². The van der Waals surface area contributed by atoms with Crippen molar-refractivity contribution in [3.63, 3.8) is 0 Å². The van der Waals surface area contributed by atoms with Gasteiger partial charge in [-0.2, -0.15) is 0 Å². The number of benzene rings is 1. The lowest BCUT2D eigenvalue weighted by Gasteiger charge is -2.41. The summed E-state index contributed by atoms with van der Waals surface area (Å²) in [5.41, 5.74) is 1.26. The summed E-state index contributed by atoms with van der Waals surface area (Å²) in [4.78, 5) is 15.3. The van der Waals surface area contributed by atoms with E-state index in [2.05, 4.69) is 9.80 Å². The first kappa shape index (κ1) is 15.2. The molecule has 0 aromatic heterocycles. The topological polar surface area (TPSA) is 58.9 Å². The highest BCUT2D eigenvalue weighted by Crippen LogP contribution is 2.27. The highest BCUT2D eigenvalue weighted by atomic mass is 16.6. The van der Waals surface area contributed by atoms with Crippen LogP contribution in [0.25, 0.3) is 0 Å². The molecule has 0 bridgehead atoms. The molecule has 0 aliphatic carbocycles. The van der Waals surface area contributed by atoms with Crippen LogP contribution in [0.1, 0.15) is 19.3 Å². The fourth-order valence-corrected chi connectivity index (χ4v) is 3.38. The van der Waals surface area contributed by atoms with Gasteiger partial charge in [0.25, 0.3) is 5.69 Å². The maximum atomic E-state index is 10.8. The fourth-order valence-electron chi connectivity index (χ4n) is 3.38. The van der Waals surface area contributed by atoms with Crippen LogP contribution >= 0.6 is 0 Å². The highest BCUT2D eigenvalue weighted by Gasteiger charge is 2.25. The Morgan fingerprint density at radius 2 is 1.86 bits per heavy atom. The lowest BCUT2D eigenvalue weighted by atomic mass is 10.0. The molecule has 0 amide bonds. The third-order valence-electron chi connectivity index (χ3n) is 4.59. The molecule has 6 nitrogen and oxygen atoms in total. The first-order valence-electron chi connectivity index (χ1n) is 8.05. The molecular weight excluding hydrogens is 282 g/mol. The van der Waals surface area contributed by atoms with Crippen LogP contribution < -0.4 is 4.90 Å². The Morgan fingerprint density at radius 1 is 1.14 bits per heavy atom. The summed E-state index contributed by atoms with van der Waals surface area (Å²) in [6, 6.07) is 7.48. The number of hydrogen-bond acceptors (Lipinski definition) is 5. The van der Waals surface area contributed by atoms with E-state index < -0.39 is 0 Å². The molecule has 0 saturated carbocycles. The summed E-state index contributed by atoms with van der Waals surface area (Å²) in [6.07, 6.45) is 3.64. The molecule has 1 unspecified atom stereocenters. The van der Waals surface area contributed by atoms with Gasteiger partial charge in [-0.05, 0) is 31.4 Å². The Kier molecular flexibility index (Phi) is 4.90. The molecule has 0 N–H and O–H groups in total. The van der Waals surface area contributed by atoms with Crippen LogP contribution in [0.2, 0.25) is 0 Å². The number of morpholine rings is 1. The molecule has 2 heterocycles. The summed E-state index contributed by atoms with van der Waals surface area (Å²) in [6.45, 7) is 5.75. The van der Waals surface area contributed by atoms with Crippen molar-refractivity contribution in [1.82, 2.24) is 4.90 Å². The van der Waals surface area contributed by atoms with Crippen molar-refractivity contribution in [2.24, 2.45) is 0 Å². The summed E-state index contributed by atoms with van der Waals surface area (Å²) in [7, 11) is 0. The monoisotopic (exact) mass is 305 g/mol. The number of rotatable bonds is 4. The van der Waals surface area contributed by atoms with E-state index in [1.807, 2.05) is 12.1 Å². The van der Waals surface area contributed by atoms with Crippen molar-refractivity contribution in [2.75, 3.05) is 44.3 Å². The molecule has 22 heavy (non-hydrogen) atoms. The second kappa shape index (κ2) is 7.07. The molecular formula is C16H23N3O3. The molecule has 0 radical (unpaired) electrons. The summed E-state index contributed by atoms with van der Waals surface area (Å²) in [5.74, 6) is 0. The Hall–Kier alpha value is -1.66. The van der Waals surface area contributed by atoms with E-state index >= 15 is 0 Å². The van der Waals surface area contributed by atoms with E-state index in [9.17, 15) is 10.1 Å². The number of nitro benzene ring substituents is 1. The van der Waals surface area contributed by atoms with Crippen LogP contribution in [0, 0.1) is 10.1 Å². The van der Waals surface area contributed by atoms with Gasteiger partial charge >= 0.3 is 0 Å². The van der Waals surface area contributed by atoms with Gasteiger partial charge in [0.15, 0.2) is 0 Å². The molecule has 1 aromatic carbocycles. The number of nitrogens with zero attached hydrogens (tertiary/aromatic N) is 3. The Balaban J connectivity index is 1.69. The number of piperidine rings is 1. The maximum absolute atomic E-state index is 10.8. The quantitative estimate of drug-likeness (QED) is 0.631. The van der Waals surface area contributed by atoms with Gasteiger partial charge < -0.3 is 9.64 Å². The minimum absolute atomic E-state index is 0.158. The van der Waals surface area contributed by atoms with E-state index in [0.29, 0.717) is 6.04 Å². The maximum Gasteiger partial charge on any atom is 0.269 e. The predicted octanol–water partition coefficient (Wildman–Crippen LogP) is 2.29. The first-order chi connectivity index (χ1) is 10.7. The largest absolute Gasteiger partial charge is 0.379 e. The smallest absolute Gasteiger partial charge is 0.269 e. The van der Waals surface area contributed by atoms with Gasteiger partial charge in [-0.15, -0.1) is 0 Å². The van der Waals surface area contributed by atoms with Gasteiger partial charge in [-0.3, -0.25) is 15.0 Å². The second-order valence-corrected chi connectivity index (χ2v) is 6.03. The fraction of sp³-hybridized carbons (Fsp3) is 0.625. The van der Waals surface area contributed by atoms with Crippen LogP contribution in [0.5, 0.6) is 0 Å². The third-order valence-corrected chi connectivity index (χ3v) is 4.59. The summed E-state index contributed by atoms with van der Waals surface area (Å²) >= 11 is 0. The van der Waals surface area contributed by atoms with Crippen molar-refractivity contribution in [1.29, 1.82) is 0 Å². The molecule has 6 heteroatoms. The molecule has 2 aliphatic heterocycles. The average Bonchev–Trinajstić information content (AvgIpc) is 2.56. The Labute approximate surface area is 130 Å². The van der Waals surface area contributed by atoms with Crippen LogP contribution in [-0.4, -0.2) is 55.3 Å². The highest BCUT2D eigenvalue weighted by molar-refractivity contribution is 5.52. The SMILES string of the molecule is O=[N+]([O-])c1ccc(N2CCCCC2CN2CCOCC2)cc1. The van der Waals surface area contributed by atoms with Gasteiger partial charge in [-0.25, -0.2) is 0 Å². The van der Waals surface area contributed by atoms with E-state index in [-0.39, 0.29) is 10.6 Å². The van der Waals surface area contributed by atoms with Gasteiger partial charge in [0.05, 0.1) is 18.1 Å². The molecule has 2 saturated heterocycles. The molecule has 3 rings (SSSR count). The zero-order valence-electron chi connectivity index (χ0n) is 12.8. The molecule has 120 valence electrons. The molecule has 2 fully saturated rings. The zero-order chi connectivity index (χ0) is 15.4. The van der Waals surface area contributed by atoms with E-state index in [1.54, 1.807) is 12.1 Å². The lowest BCUT2D eigenvalue weighted by molar-refractivity contribution is -0.384. The summed E-state index contributed by atoms with van der Waals surface area (Å²) in [5, 5.41) is 10.8. The van der Waals surface area contributed by atoms with Gasteiger partial charge in [0.1, 0.15) is 0 Å². The number of non-ortho nitro benzene ring substituents is 1. The van der Waals surface area contributed by atoms with Crippen molar-refractivity contribution in [2.45, 2.75) is 25.3 Å². The van der Waals surface area contributed by atoms with Crippen molar-refractivity contribution >= 4 is 11.4 Å². The normalized spacial score (nSPS) is 23.5. The van der Waals surface area contributed by atoms with Crippen LogP contribution in [0.3, 0.4) is 0 Å². The first-order valence-corrected chi connectivity index (χ1v) is 8.05. The molecule has 1 atom stereocenters. The van der Waals surface area contributed by atoms with Crippen LogP contribution in [-0.2, 0) is 4.74 Å². The van der Waals surface area contributed by atoms with E-state index in [1.165, 1.54) is 19.3 Å². The van der Waals surface area contributed by atoms with Crippen LogP contribution in [0.15, 0.2) is 24.3 Å². The predicted molar refractivity (Wildman–Crippen MR) is 85.3 cm³/mol. The standard InChI is InChI=1S/C16H23N3O3/c20-19(21)15-6-4-14(5-7-15)18-8-2-1-3-16(18)13-17-9-11-22-12-10-17/h4-7,16H,1-3,8-13H2. The van der Waals surface area contributed by atoms with Gasteiger partial charge in [0.2, 0.25) is 0 Å². The Morgan fingerprint density at radius 3 is 2.55 bits per heavy atom. The minimum Gasteiger partial charge on any atom is -0.379 e. The number of anilines is 1. The number of ether oxygens (including phenoxy) is 1. The third kappa shape index (κ3) is 3.56. The molecule has 1 aromatic rings. The van der Waals surface area contributed by atoms with Crippen molar-refractivity contribution in [3.05, 3.63) is 34.4 Å². The lowest BCUT2D eigenvalue weighted by Crippen LogP contribution is -2.49. The number of hydrogen-bond donors (Lipinski definition) is 0. The van der Waals surface area contributed by atoms with Crippen molar-refractivity contribution in [3.8, 4) is 0 Å². The van der Waals surface area contributed by atoms with Gasteiger partial charge in [0, 0.05) is 50.0 Å². The Bertz CT molecular complexity index is 500. The minimum atomic E-state index is -0.342. The molecule has 2 aliphatic rings. The summed E-state index contributed by atoms with van der Waals surface area (Å²) < 4.78 is 5.42. The van der Waals surface area contributed by atoms with Gasteiger partial charge in [-0.1, -0.05) is 0 Å². The second-order valence-electron chi connectivity index (χ2n) is 6.03. The number of nitro groups is 1. The van der Waals surface area contributed by atoms with E-state index in [0.717, 1.165) is 45.1 Å². The van der Waals surface area contributed by atoms with Crippen molar-refractivity contribution < 1.29 is 9.66 Å².